The SMILES string of the molecule is [C]1=C/C=C\C=C/C=C\C=C/C=C\C=C/C=C/CCCCCCCCCCCCC\1. The molecule has 0 N–H and O–H groups in total. The number of allylic oxidation sites excluding steroid dienone is 16. The summed E-state index contributed by atoms with van der Waals surface area (Å²) in [6.45, 7) is 0. The van der Waals surface area contributed by atoms with E-state index >= 15 is 0 Å². The van der Waals surface area contributed by atoms with E-state index in [-0.39, 0.29) is 0 Å². The molecule has 29 heavy (non-hydrogen) atoms. The van der Waals surface area contributed by atoms with Crippen molar-refractivity contribution in [3.8, 4) is 0 Å². The number of hydrogen-bond donors (Lipinski definition) is 0. The second kappa shape index (κ2) is 22.2. The average Bonchev–Trinajstić information content (AvgIpc) is 2.73. The molecule has 1 radical (unpaired) electrons. The van der Waals surface area contributed by atoms with Crippen molar-refractivity contribution in [3.63, 3.8) is 0 Å². The van der Waals surface area contributed by atoms with Crippen LogP contribution in [0.2, 0.25) is 0 Å². The molecule has 1 rings (SSSR count). The van der Waals surface area contributed by atoms with Crippen molar-refractivity contribution in [1.29, 1.82) is 0 Å². The lowest BCUT2D eigenvalue weighted by molar-refractivity contribution is 0.547. The Bertz CT molecular complexity index is 523. The van der Waals surface area contributed by atoms with Gasteiger partial charge in [-0.2, -0.15) is 0 Å². The van der Waals surface area contributed by atoms with E-state index in [1.54, 1.807) is 0 Å². The van der Waals surface area contributed by atoms with E-state index in [1.165, 1.54) is 77.0 Å². The molecule has 0 nitrogen and oxygen atoms in total. The molecule has 0 saturated heterocycles. The Balaban J connectivity index is 2.34. The van der Waals surface area contributed by atoms with Gasteiger partial charge in [-0.25, -0.2) is 0 Å². The summed E-state index contributed by atoms with van der Waals surface area (Å²) < 4.78 is 0. The van der Waals surface area contributed by atoms with Crippen molar-refractivity contribution in [1.82, 2.24) is 0 Å². The maximum atomic E-state index is 3.37. The highest BCUT2D eigenvalue weighted by molar-refractivity contribution is 5.21. The van der Waals surface area contributed by atoms with Gasteiger partial charge in [0.25, 0.3) is 0 Å². The molecule has 0 aromatic carbocycles. The van der Waals surface area contributed by atoms with E-state index in [2.05, 4.69) is 54.7 Å². The largest absolute Gasteiger partial charge is 0.0845 e. The third kappa shape index (κ3) is 20.5. The summed E-state index contributed by atoms with van der Waals surface area (Å²) >= 11 is 0. The fourth-order valence-electron chi connectivity index (χ4n) is 3.17. The van der Waals surface area contributed by atoms with Crippen LogP contribution in [-0.2, 0) is 0 Å². The van der Waals surface area contributed by atoms with E-state index < -0.39 is 0 Å². The molecule has 0 fully saturated rings. The maximum absolute atomic E-state index is 3.37. The third-order valence-corrected chi connectivity index (χ3v) is 4.88. The zero-order valence-corrected chi connectivity index (χ0v) is 18.4. The average molecular weight is 390 g/mol. The van der Waals surface area contributed by atoms with E-state index in [0.29, 0.717) is 0 Å². The number of rotatable bonds is 0. The summed E-state index contributed by atoms with van der Waals surface area (Å²) in [4.78, 5) is 0. The fraction of sp³-hybridized carbons (Fsp3) is 0.448. The Labute approximate surface area is 180 Å². The molecule has 0 atom stereocenters. The van der Waals surface area contributed by atoms with Gasteiger partial charge in [0, 0.05) is 0 Å². The van der Waals surface area contributed by atoms with Gasteiger partial charge in [-0.15, -0.1) is 0 Å². The predicted octanol–water partition coefficient (Wildman–Crippen LogP) is 9.32. The standard InChI is InChI=1S/C29H41/c1-2-4-6-8-10-12-14-16-18-20-22-24-26-28-29-27-25-23-21-19-17-15-13-11-9-7-5-3-1/h1-15H,16,18-29H2/b2-1-,5-3-,6-4-,9-7-,10-8-,13-11-,14-12+,17-15?. The van der Waals surface area contributed by atoms with E-state index in [4.69, 9.17) is 0 Å². The van der Waals surface area contributed by atoms with Gasteiger partial charge in [0.05, 0.1) is 0 Å². The zero-order chi connectivity index (χ0) is 20.5. The van der Waals surface area contributed by atoms with Crippen LogP contribution in [0.3, 0.4) is 0 Å². The smallest absolute Gasteiger partial charge is 0.0276 e. The van der Waals surface area contributed by atoms with Gasteiger partial charge in [0.15, 0.2) is 0 Å². The van der Waals surface area contributed by atoms with E-state index in [1.807, 2.05) is 42.5 Å². The van der Waals surface area contributed by atoms with Gasteiger partial charge >= 0.3 is 0 Å². The molecule has 0 spiro atoms. The van der Waals surface area contributed by atoms with Crippen LogP contribution < -0.4 is 0 Å². The minimum atomic E-state index is 1.08. The lowest BCUT2D eigenvalue weighted by Gasteiger charge is -2.02. The van der Waals surface area contributed by atoms with Crippen LogP contribution in [0.4, 0.5) is 0 Å². The summed E-state index contributed by atoms with van der Waals surface area (Å²) in [6.07, 6.45) is 52.0. The molecule has 0 aromatic heterocycles. The van der Waals surface area contributed by atoms with Crippen LogP contribution in [0.25, 0.3) is 0 Å². The van der Waals surface area contributed by atoms with Crippen molar-refractivity contribution in [3.05, 3.63) is 97.2 Å². The highest BCUT2D eigenvalue weighted by Gasteiger charge is 1.93. The first-order chi connectivity index (χ1) is 14.5. The Morgan fingerprint density at radius 3 is 1.24 bits per heavy atom. The third-order valence-electron chi connectivity index (χ3n) is 4.88. The highest BCUT2D eigenvalue weighted by atomic mass is 14.0. The van der Waals surface area contributed by atoms with E-state index in [0.717, 1.165) is 6.42 Å². The minimum Gasteiger partial charge on any atom is -0.0845 e. The maximum Gasteiger partial charge on any atom is -0.0276 e. The first-order valence-corrected chi connectivity index (χ1v) is 11.7. The van der Waals surface area contributed by atoms with Gasteiger partial charge in [0.2, 0.25) is 0 Å². The van der Waals surface area contributed by atoms with Gasteiger partial charge in [0.1, 0.15) is 0 Å². The topological polar surface area (TPSA) is 0 Å². The van der Waals surface area contributed by atoms with Gasteiger partial charge in [-0.05, 0) is 31.8 Å². The molecule has 0 heteroatoms. The summed E-state index contributed by atoms with van der Waals surface area (Å²) in [7, 11) is 0. The first-order valence-electron chi connectivity index (χ1n) is 11.7. The molecule has 0 unspecified atom stereocenters. The Hall–Kier alpha value is -2.08. The van der Waals surface area contributed by atoms with Crippen molar-refractivity contribution in [2.45, 2.75) is 83.5 Å². The molecular weight excluding hydrogens is 348 g/mol. The summed E-state index contributed by atoms with van der Waals surface area (Å²) in [5.41, 5.74) is 0. The molecule has 0 aliphatic heterocycles. The molecule has 1 aliphatic carbocycles. The van der Waals surface area contributed by atoms with Gasteiger partial charge < -0.3 is 0 Å². The lowest BCUT2D eigenvalue weighted by Crippen LogP contribution is -1.82. The number of hydrogen-bond acceptors (Lipinski definition) is 0. The minimum absolute atomic E-state index is 1.08. The Kier molecular flexibility index (Phi) is 19.1. The fourth-order valence-corrected chi connectivity index (χ4v) is 3.17. The van der Waals surface area contributed by atoms with Gasteiger partial charge in [-0.1, -0.05) is 149 Å². The van der Waals surface area contributed by atoms with Crippen molar-refractivity contribution >= 4 is 0 Å². The molecule has 0 saturated carbocycles. The van der Waals surface area contributed by atoms with Crippen molar-refractivity contribution < 1.29 is 0 Å². The molecule has 0 aromatic rings. The van der Waals surface area contributed by atoms with Crippen LogP contribution in [0.15, 0.2) is 91.1 Å². The predicted molar refractivity (Wildman–Crippen MR) is 132 cm³/mol. The van der Waals surface area contributed by atoms with Crippen LogP contribution in [0, 0.1) is 6.08 Å². The van der Waals surface area contributed by atoms with Crippen LogP contribution in [0.1, 0.15) is 83.5 Å². The Morgan fingerprint density at radius 1 is 0.345 bits per heavy atom. The molecule has 0 amide bonds. The second-order valence-electron chi connectivity index (χ2n) is 7.54. The highest BCUT2D eigenvalue weighted by Crippen LogP contribution is 2.12. The Morgan fingerprint density at radius 2 is 0.724 bits per heavy atom. The lowest BCUT2D eigenvalue weighted by atomic mass is 10.0. The zero-order valence-electron chi connectivity index (χ0n) is 18.4. The first kappa shape index (κ1) is 25.0. The van der Waals surface area contributed by atoms with Crippen LogP contribution >= 0.6 is 0 Å². The second-order valence-corrected chi connectivity index (χ2v) is 7.54. The van der Waals surface area contributed by atoms with Crippen molar-refractivity contribution in [2.75, 3.05) is 0 Å². The van der Waals surface area contributed by atoms with Crippen LogP contribution in [-0.4, -0.2) is 0 Å². The normalized spacial score (nSPS) is 28.4. The quantitative estimate of drug-likeness (QED) is 0.387. The van der Waals surface area contributed by atoms with Gasteiger partial charge in [-0.3, -0.25) is 0 Å². The molecule has 157 valence electrons. The monoisotopic (exact) mass is 389 g/mol. The molecule has 1 aliphatic rings. The van der Waals surface area contributed by atoms with Crippen molar-refractivity contribution in [2.24, 2.45) is 0 Å². The summed E-state index contributed by atoms with van der Waals surface area (Å²) in [5, 5.41) is 0. The molecule has 0 bridgehead atoms. The molecule has 0 heterocycles. The van der Waals surface area contributed by atoms with E-state index in [9.17, 15) is 0 Å². The molecular formula is C29H41. The summed E-state index contributed by atoms with van der Waals surface area (Å²) in [5.74, 6) is 0. The van der Waals surface area contributed by atoms with Crippen LogP contribution in [0.5, 0.6) is 0 Å². The summed E-state index contributed by atoms with van der Waals surface area (Å²) in [6, 6.07) is 0.